The van der Waals surface area contributed by atoms with Crippen LogP contribution in [0.15, 0.2) is 23.1 Å². The molecule has 2 nitrogen and oxygen atoms in total. The Bertz CT molecular complexity index is 440. The summed E-state index contributed by atoms with van der Waals surface area (Å²) in [6.45, 7) is 0. The fourth-order valence-electron chi connectivity index (χ4n) is 0.986. The van der Waals surface area contributed by atoms with E-state index in [0.717, 1.165) is 0 Å². The van der Waals surface area contributed by atoms with Gasteiger partial charge in [-0.05, 0) is 22.0 Å². The summed E-state index contributed by atoms with van der Waals surface area (Å²) in [5.41, 5.74) is 0.546. The van der Waals surface area contributed by atoms with Crippen LogP contribution in [0, 0.1) is 5.82 Å². The molecular formula is C7H3BrClFN2. The van der Waals surface area contributed by atoms with Gasteiger partial charge in [0.05, 0.1) is 11.2 Å². The van der Waals surface area contributed by atoms with E-state index in [-0.39, 0.29) is 5.82 Å². The molecule has 0 amide bonds. The largest absolute Gasteiger partial charge is 0.290 e. The Kier molecular flexibility index (Phi) is 1.81. The minimum Gasteiger partial charge on any atom is -0.290 e. The van der Waals surface area contributed by atoms with Crippen LogP contribution in [0.3, 0.4) is 0 Å². The lowest BCUT2D eigenvalue weighted by molar-refractivity contribution is 0.619. The normalized spacial score (nSPS) is 10.9. The molecule has 0 fully saturated rings. The molecule has 5 heteroatoms. The SMILES string of the molecule is Fc1cc(Cl)c2ncc(Br)n2c1. The predicted molar refractivity (Wildman–Crippen MR) is 47.9 cm³/mol. The number of pyridine rings is 1. The monoisotopic (exact) mass is 248 g/mol. The van der Waals surface area contributed by atoms with E-state index < -0.39 is 0 Å². The van der Waals surface area contributed by atoms with Crippen LogP contribution in [-0.2, 0) is 0 Å². The number of halogens is 3. The summed E-state index contributed by atoms with van der Waals surface area (Å²) in [5, 5.41) is 0.306. The number of imidazole rings is 1. The van der Waals surface area contributed by atoms with E-state index in [9.17, 15) is 4.39 Å². The Morgan fingerprint density at radius 2 is 2.33 bits per heavy atom. The molecule has 0 radical (unpaired) electrons. The predicted octanol–water partition coefficient (Wildman–Crippen LogP) is 2.89. The molecule has 2 rings (SSSR count). The first-order chi connectivity index (χ1) is 5.68. The van der Waals surface area contributed by atoms with Gasteiger partial charge < -0.3 is 0 Å². The van der Waals surface area contributed by atoms with Gasteiger partial charge in [0.15, 0.2) is 5.65 Å². The maximum absolute atomic E-state index is 12.8. The van der Waals surface area contributed by atoms with E-state index >= 15 is 0 Å². The highest BCUT2D eigenvalue weighted by molar-refractivity contribution is 9.10. The summed E-state index contributed by atoms with van der Waals surface area (Å²) in [6.07, 6.45) is 2.89. The molecule has 0 aliphatic carbocycles. The van der Waals surface area contributed by atoms with Gasteiger partial charge in [-0.1, -0.05) is 11.6 Å². The summed E-state index contributed by atoms with van der Waals surface area (Å²) in [4.78, 5) is 3.98. The highest BCUT2D eigenvalue weighted by Gasteiger charge is 2.05. The fourth-order valence-corrected chi connectivity index (χ4v) is 1.60. The second kappa shape index (κ2) is 2.71. The van der Waals surface area contributed by atoms with Crippen LogP contribution in [0.4, 0.5) is 4.39 Å². The molecule has 2 aromatic heterocycles. The van der Waals surface area contributed by atoms with E-state index in [0.29, 0.717) is 15.3 Å². The number of aromatic nitrogens is 2. The average molecular weight is 249 g/mol. The Morgan fingerprint density at radius 3 is 3.08 bits per heavy atom. The molecular weight excluding hydrogens is 246 g/mol. The van der Waals surface area contributed by atoms with E-state index in [2.05, 4.69) is 20.9 Å². The van der Waals surface area contributed by atoms with E-state index in [1.165, 1.54) is 16.7 Å². The van der Waals surface area contributed by atoms with Gasteiger partial charge >= 0.3 is 0 Å². The van der Waals surface area contributed by atoms with E-state index in [1.807, 2.05) is 0 Å². The Hall–Kier alpha value is -0.610. The molecule has 0 N–H and O–H groups in total. The number of rotatable bonds is 0. The van der Waals surface area contributed by atoms with Crippen LogP contribution < -0.4 is 0 Å². The average Bonchev–Trinajstić information content (AvgIpc) is 2.33. The maximum Gasteiger partial charge on any atom is 0.156 e. The van der Waals surface area contributed by atoms with E-state index in [4.69, 9.17) is 11.6 Å². The molecule has 0 saturated carbocycles. The van der Waals surface area contributed by atoms with Gasteiger partial charge in [-0.3, -0.25) is 4.40 Å². The summed E-state index contributed by atoms with van der Waals surface area (Å²) >= 11 is 8.94. The van der Waals surface area contributed by atoms with Crippen molar-refractivity contribution in [3.63, 3.8) is 0 Å². The molecule has 0 bridgehead atoms. The number of nitrogens with zero attached hydrogens (tertiary/aromatic N) is 2. The lowest BCUT2D eigenvalue weighted by Crippen LogP contribution is -1.87. The summed E-state index contributed by atoms with van der Waals surface area (Å²) in [5.74, 6) is -0.383. The quantitative estimate of drug-likeness (QED) is 0.702. The van der Waals surface area contributed by atoms with Gasteiger partial charge in [0, 0.05) is 6.20 Å². The molecule has 62 valence electrons. The van der Waals surface area contributed by atoms with Crippen molar-refractivity contribution in [2.75, 3.05) is 0 Å². The zero-order chi connectivity index (χ0) is 8.72. The molecule has 0 spiro atoms. The van der Waals surface area contributed by atoms with Crippen molar-refractivity contribution in [1.82, 2.24) is 9.38 Å². The molecule has 0 aromatic carbocycles. The van der Waals surface area contributed by atoms with Crippen molar-refractivity contribution in [1.29, 1.82) is 0 Å². The zero-order valence-electron chi connectivity index (χ0n) is 5.76. The Morgan fingerprint density at radius 1 is 1.58 bits per heavy atom. The highest BCUT2D eigenvalue weighted by Crippen LogP contribution is 2.21. The highest BCUT2D eigenvalue weighted by atomic mass is 79.9. The smallest absolute Gasteiger partial charge is 0.156 e. The third-order valence-corrected chi connectivity index (χ3v) is 2.35. The van der Waals surface area contributed by atoms with Crippen LogP contribution >= 0.6 is 27.5 Å². The summed E-state index contributed by atoms with van der Waals surface area (Å²) < 4.78 is 15.0. The van der Waals surface area contributed by atoms with Crippen molar-refractivity contribution < 1.29 is 4.39 Å². The summed E-state index contributed by atoms with van der Waals surface area (Å²) in [6, 6.07) is 1.23. The lowest BCUT2D eigenvalue weighted by atomic mass is 10.4. The number of hydrogen-bond donors (Lipinski definition) is 0. The minimum atomic E-state index is -0.383. The maximum atomic E-state index is 12.8. The first-order valence-corrected chi connectivity index (χ1v) is 4.33. The number of hydrogen-bond acceptors (Lipinski definition) is 1. The zero-order valence-corrected chi connectivity index (χ0v) is 8.10. The van der Waals surface area contributed by atoms with Gasteiger partial charge in [0.2, 0.25) is 0 Å². The van der Waals surface area contributed by atoms with Gasteiger partial charge in [-0.2, -0.15) is 0 Å². The fraction of sp³-hybridized carbons (Fsp3) is 0. The van der Waals surface area contributed by atoms with Crippen molar-refractivity contribution >= 4 is 33.2 Å². The third kappa shape index (κ3) is 1.11. The van der Waals surface area contributed by atoms with Crippen molar-refractivity contribution in [2.24, 2.45) is 0 Å². The van der Waals surface area contributed by atoms with Crippen molar-refractivity contribution in [3.8, 4) is 0 Å². The van der Waals surface area contributed by atoms with Crippen LogP contribution in [0.25, 0.3) is 5.65 Å². The molecule has 0 aliphatic heterocycles. The standard InChI is InChI=1S/C7H3BrClFN2/c8-6-2-11-7-5(9)1-4(10)3-12(6)7/h1-3H. The lowest BCUT2D eigenvalue weighted by Gasteiger charge is -1.96. The molecule has 2 aromatic rings. The van der Waals surface area contributed by atoms with Crippen LogP contribution in [0.5, 0.6) is 0 Å². The molecule has 12 heavy (non-hydrogen) atoms. The van der Waals surface area contributed by atoms with Crippen LogP contribution in [0.1, 0.15) is 0 Å². The Labute approximate surface area is 81.1 Å². The molecule has 0 unspecified atom stereocenters. The molecule has 0 aliphatic rings. The summed E-state index contributed by atoms with van der Waals surface area (Å²) in [7, 11) is 0. The minimum absolute atomic E-state index is 0.306. The Balaban J connectivity index is 2.92. The van der Waals surface area contributed by atoms with Crippen LogP contribution in [-0.4, -0.2) is 9.38 Å². The molecule has 0 atom stereocenters. The third-order valence-electron chi connectivity index (χ3n) is 1.48. The number of fused-ring (bicyclic) bond motifs is 1. The van der Waals surface area contributed by atoms with Gasteiger partial charge in [0.1, 0.15) is 10.4 Å². The van der Waals surface area contributed by atoms with Gasteiger partial charge in [-0.25, -0.2) is 9.37 Å². The first kappa shape index (κ1) is 8.01. The van der Waals surface area contributed by atoms with E-state index in [1.54, 1.807) is 6.20 Å². The second-order valence-corrected chi connectivity index (χ2v) is 3.50. The second-order valence-electron chi connectivity index (χ2n) is 2.28. The van der Waals surface area contributed by atoms with Gasteiger partial charge in [-0.15, -0.1) is 0 Å². The van der Waals surface area contributed by atoms with Crippen molar-refractivity contribution in [2.45, 2.75) is 0 Å². The van der Waals surface area contributed by atoms with Gasteiger partial charge in [0.25, 0.3) is 0 Å². The molecule has 0 saturated heterocycles. The van der Waals surface area contributed by atoms with Crippen LogP contribution in [0.2, 0.25) is 5.02 Å². The topological polar surface area (TPSA) is 17.3 Å². The van der Waals surface area contributed by atoms with Crippen molar-refractivity contribution in [3.05, 3.63) is 33.9 Å². The first-order valence-electron chi connectivity index (χ1n) is 3.16. The molecule has 2 heterocycles.